The average molecular weight is 655 g/mol. The number of ether oxygens (including phenoxy) is 1. The number of hydrogen-bond acceptors (Lipinski definition) is 5. The molecule has 8 nitrogen and oxygen atoms in total. The molecule has 0 aliphatic heterocycles. The number of carbonyl (C=O) groups excluding carboxylic acids is 2. The zero-order valence-corrected chi connectivity index (χ0v) is 26.6. The number of carbonyl (C=O) groups is 2. The summed E-state index contributed by atoms with van der Waals surface area (Å²) in [5, 5.41) is 3.49. The summed E-state index contributed by atoms with van der Waals surface area (Å²) in [5.74, 6) is -0.808. The monoisotopic (exact) mass is 653 g/mol. The summed E-state index contributed by atoms with van der Waals surface area (Å²) < 4.78 is 34.7. The number of sulfonamides is 1. The molecule has 0 spiro atoms. The van der Waals surface area contributed by atoms with Crippen molar-refractivity contribution < 1.29 is 22.7 Å². The van der Waals surface area contributed by atoms with Gasteiger partial charge < -0.3 is 15.0 Å². The topological polar surface area (TPSA) is 96.0 Å². The molecule has 0 bridgehead atoms. The lowest BCUT2D eigenvalue weighted by Gasteiger charge is -2.34. The zero-order valence-electron chi connectivity index (χ0n) is 24.3. The van der Waals surface area contributed by atoms with Gasteiger partial charge in [0, 0.05) is 29.6 Å². The van der Waals surface area contributed by atoms with Crippen molar-refractivity contribution in [1.29, 1.82) is 0 Å². The summed E-state index contributed by atoms with van der Waals surface area (Å²) in [6, 6.07) is 27.6. The summed E-state index contributed by atoms with van der Waals surface area (Å²) >= 11 is 12.8. The number of halogens is 2. The van der Waals surface area contributed by atoms with E-state index in [0.29, 0.717) is 17.1 Å². The first-order chi connectivity index (χ1) is 21.1. The van der Waals surface area contributed by atoms with E-state index in [2.05, 4.69) is 5.32 Å². The maximum absolute atomic E-state index is 14.5. The number of methoxy groups -OCH3 is 1. The Kier molecular flexibility index (Phi) is 11.3. The van der Waals surface area contributed by atoms with Crippen LogP contribution in [0.15, 0.2) is 108 Å². The molecule has 0 heterocycles. The molecular weight excluding hydrogens is 621 g/mol. The van der Waals surface area contributed by atoms with Crippen LogP contribution in [0, 0.1) is 0 Å². The highest BCUT2D eigenvalue weighted by molar-refractivity contribution is 7.92. The quantitative estimate of drug-likeness (QED) is 0.192. The first-order valence-corrected chi connectivity index (χ1v) is 16.1. The third-order valence-corrected chi connectivity index (χ3v) is 9.32. The van der Waals surface area contributed by atoms with Crippen molar-refractivity contribution in [3.05, 3.63) is 124 Å². The van der Waals surface area contributed by atoms with Crippen LogP contribution in [0.1, 0.15) is 18.1 Å². The van der Waals surface area contributed by atoms with Gasteiger partial charge in [-0.2, -0.15) is 0 Å². The van der Waals surface area contributed by atoms with E-state index in [1.165, 1.54) is 36.3 Å². The van der Waals surface area contributed by atoms with Gasteiger partial charge in [0.15, 0.2) is 0 Å². The predicted octanol–water partition coefficient (Wildman–Crippen LogP) is 5.97. The van der Waals surface area contributed by atoms with Crippen molar-refractivity contribution in [3.8, 4) is 5.75 Å². The van der Waals surface area contributed by atoms with Gasteiger partial charge in [-0.05, 0) is 54.4 Å². The molecule has 0 aliphatic carbocycles. The van der Waals surface area contributed by atoms with E-state index in [9.17, 15) is 18.0 Å². The molecule has 4 aromatic rings. The van der Waals surface area contributed by atoms with E-state index in [1.807, 2.05) is 30.3 Å². The Bertz CT molecular complexity index is 1690. The van der Waals surface area contributed by atoms with E-state index in [0.717, 1.165) is 9.87 Å². The van der Waals surface area contributed by atoms with Gasteiger partial charge in [0.2, 0.25) is 11.8 Å². The Labute approximate surface area is 268 Å². The maximum Gasteiger partial charge on any atom is 0.264 e. The maximum atomic E-state index is 14.5. The van der Waals surface area contributed by atoms with Crippen LogP contribution in [0.4, 0.5) is 5.69 Å². The second kappa shape index (κ2) is 15.1. The lowest BCUT2D eigenvalue weighted by atomic mass is 10.0. The molecule has 44 heavy (non-hydrogen) atoms. The van der Waals surface area contributed by atoms with Gasteiger partial charge in [0.25, 0.3) is 10.0 Å². The van der Waals surface area contributed by atoms with Crippen molar-refractivity contribution in [2.75, 3.05) is 24.5 Å². The fraction of sp³-hybridized carbons (Fsp3) is 0.212. The third kappa shape index (κ3) is 7.91. The number of nitrogens with one attached hydrogen (secondary N) is 1. The molecule has 0 aromatic heterocycles. The smallest absolute Gasteiger partial charge is 0.264 e. The van der Waals surface area contributed by atoms with Gasteiger partial charge in [-0.25, -0.2) is 8.42 Å². The van der Waals surface area contributed by atoms with E-state index in [1.54, 1.807) is 55.5 Å². The number of nitrogens with zero attached hydrogens (tertiary/aromatic N) is 2. The van der Waals surface area contributed by atoms with Gasteiger partial charge in [-0.15, -0.1) is 0 Å². The van der Waals surface area contributed by atoms with Gasteiger partial charge >= 0.3 is 0 Å². The molecule has 0 aliphatic rings. The van der Waals surface area contributed by atoms with Crippen molar-refractivity contribution in [1.82, 2.24) is 10.2 Å². The summed E-state index contributed by atoms with van der Waals surface area (Å²) in [6.45, 7) is 1.44. The SMILES string of the molecule is CCNC(=O)[C@H](Cc1ccccc1)N(Cc1ccccc1Cl)C(=O)CN(c1cc(Cl)ccc1OC)S(=O)(=O)c1ccccc1. The Morgan fingerprint density at radius 2 is 1.52 bits per heavy atom. The van der Waals surface area contributed by atoms with Crippen molar-refractivity contribution in [3.63, 3.8) is 0 Å². The Hall–Kier alpha value is -4.05. The molecule has 11 heteroatoms. The average Bonchev–Trinajstić information content (AvgIpc) is 3.03. The number of benzene rings is 4. The normalized spacial score (nSPS) is 11.8. The molecule has 0 saturated heterocycles. The highest BCUT2D eigenvalue weighted by atomic mass is 35.5. The molecule has 0 fully saturated rings. The summed E-state index contributed by atoms with van der Waals surface area (Å²) in [6.07, 6.45) is 0.189. The van der Waals surface area contributed by atoms with Crippen LogP contribution in [0.5, 0.6) is 5.75 Å². The number of hydrogen-bond donors (Lipinski definition) is 1. The molecule has 4 aromatic carbocycles. The summed E-state index contributed by atoms with van der Waals surface area (Å²) in [4.78, 5) is 29.4. The fourth-order valence-corrected chi connectivity index (χ4v) is 6.55. The van der Waals surface area contributed by atoms with Crippen molar-refractivity contribution in [2.24, 2.45) is 0 Å². The van der Waals surface area contributed by atoms with Crippen molar-refractivity contribution in [2.45, 2.75) is 30.8 Å². The summed E-state index contributed by atoms with van der Waals surface area (Å²) in [5.41, 5.74) is 1.50. The fourth-order valence-electron chi connectivity index (χ4n) is 4.75. The van der Waals surface area contributed by atoms with Gasteiger partial charge in [0.05, 0.1) is 17.7 Å². The van der Waals surface area contributed by atoms with Crippen LogP contribution in [-0.4, -0.2) is 51.4 Å². The molecule has 0 unspecified atom stereocenters. The number of anilines is 1. The first-order valence-electron chi connectivity index (χ1n) is 13.9. The first kappa shape index (κ1) is 32.9. The highest BCUT2D eigenvalue weighted by Crippen LogP contribution is 2.35. The number of rotatable bonds is 13. The van der Waals surface area contributed by atoms with Crippen LogP contribution in [0.2, 0.25) is 10.0 Å². The minimum absolute atomic E-state index is 0.0305. The molecule has 230 valence electrons. The van der Waals surface area contributed by atoms with E-state index in [-0.39, 0.29) is 40.2 Å². The van der Waals surface area contributed by atoms with Crippen LogP contribution < -0.4 is 14.4 Å². The van der Waals surface area contributed by atoms with Gasteiger partial charge in [-0.1, -0.05) is 89.9 Å². The Balaban J connectivity index is 1.85. The highest BCUT2D eigenvalue weighted by Gasteiger charge is 2.35. The van der Waals surface area contributed by atoms with E-state index < -0.39 is 28.5 Å². The third-order valence-electron chi connectivity index (χ3n) is 6.94. The second-order valence-corrected chi connectivity index (χ2v) is 12.6. The Morgan fingerprint density at radius 3 is 2.16 bits per heavy atom. The van der Waals surface area contributed by atoms with Gasteiger partial charge in [0.1, 0.15) is 18.3 Å². The molecule has 4 rings (SSSR count). The minimum Gasteiger partial charge on any atom is -0.495 e. The molecular formula is C33H33Cl2N3O5S. The number of amides is 2. The standard InChI is InChI=1S/C33H33Cl2N3O5S/c1-3-36-33(40)30(20-24-12-6-4-7-13-24)37(22-25-14-10-11-17-28(25)35)32(39)23-38(29-21-26(34)18-19-31(29)43-2)44(41,42)27-15-8-5-9-16-27/h4-19,21,30H,3,20,22-23H2,1-2H3,(H,36,40)/t30-/m0/s1. The largest absolute Gasteiger partial charge is 0.495 e. The summed E-state index contributed by atoms with van der Waals surface area (Å²) in [7, 11) is -2.91. The zero-order chi connectivity index (χ0) is 31.7. The van der Waals surface area contributed by atoms with E-state index in [4.69, 9.17) is 27.9 Å². The van der Waals surface area contributed by atoms with Gasteiger partial charge in [-0.3, -0.25) is 13.9 Å². The molecule has 1 N–H and O–H groups in total. The lowest BCUT2D eigenvalue weighted by molar-refractivity contribution is -0.140. The second-order valence-electron chi connectivity index (χ2n) is 9.85. The van der Waals surface area contributed by atoms with Crippen LogP contribution in [0.25, 0.3) is 0 Å². The van der Waals surface area contributed by atoms with Crippen molar-refractivity contribution >= 4 is 50.7 Å². The molecule has 2 amide bonds. The van der Waals surface area contributed by atoms with Crippen LogP contribution in [0.3, 0.4) is 0 Å². The van der Waals surface area contributed by atoms with E-state index >= 15 is 0 Å². The molecule has 0 radical (unpaired) electrons. The van der Waals surface area contributed by atoms with Crippen LogP contribution >= 0.6 is 23.2 Å². The van der Waals surface area contributed by atoms with Crippen LogP contribution in [-0.2, 0) is 32.6 Å². The Morgan fingerprint density at radius 1 is 0.886 bits per heavy atom. The minimum atomic E-state index is -4.31. The predicted molar refractivity (Wildman–Crippen MR) is 174 cm³/mol. The molecule has 0 saturated carbocycles. The number of likely N-dealkylation sites (N-methyl/N-ethyl adjacent to an activating group) is 1. The lowest BCUT2D eigenvalue weighted by Crippen LogP contribution is -2.53. The molecule has 1 atom stereocenters.